The number of thiophene rings is 1. The van der Waals surface area contributed by atoms with Gasteiger partial charge in [-0.15, -0.1) is 11.3 Å². The molecular weight excluding hydrogens is 362 g/mol. The van der Waals surface area contributed by atoms with Crippen molar-refractivity contribution in [1.29, 1.82) is 0 Å². The number of morpholine rings is 1. The summed E-state index contributed by atoms with van der Waals surface area (Å²) in [4.78, 5) is 27.1. The molecule has 0 radical (unpaired) electrons. The van der Waals surface area contributed by atoms with Crippen molar-refractivity contribution in [3.63, 3.8) is 0 Å². The fourth-order valence-electron chi connectivity index (χ4n) is 3.11. The van der Waals surface area contributed by atoms with Crippen LogP contribution in [0.25, 0.3) is 0 Å². The normalized spacial score (nSPS) is 15.9. The number of ether oxygens (including phenoxy) is 1. The molecule has 1 saturated heterocycles. The second kappa shape index (κ2) is 10.2. The number of carbonyl (C=O) groups is 2. The Morgan fingerprint density at radius 2 is 1.85 bits per heavy atom. The van der Waals surface area contributed by atoms with Crippen LogP contribution in [-0.4, -0.2) is 56.1 Å². The van der Waals surface area contributed by atoms with E-state index in [-0.39, 0.29) is 24.3 Å². The van der Waals surface area contributed by atoms with Gasteiger partial charge in [-0.1, -0.05) is 36.4 Å². The number of hydrogen-bond acceptors (Lipinski definition) is 5. The minimum atomic E-state index is -0.131. The third kappa shape index (κ3) is 5.89. The maximum absolute atomic E-state index is 12.2. The van der Waals surface area contributed by atoms with Crippen LogP contribution < -0.4 is 10.6 Å². The number of rotatable bonds is 8. The molecule has 1 aliphatic rings. The third-order valence-electron chi connectivity index (χ3n) is 4.55. The van der Waals surface area contributed by atoms with Crippen molar-refractivity contribution in [3.05, 3.63) is 58.3 Å². The highest BCUT2D eigenvalue weighted by molar-refractivity contribution is 7.12. The van der Waals surface area contributed by atoms with Gasteiger partial charge in [0.05, 0.1) is 24.1 Å². The molecule has 144 valence electrons. The minimum absolute atomic E-state index is 0.0596. The van der Waals surface area contributed by atoms with Gasteiger partial charge in [0.2, 0.25) is 5.91 Å². The molecule has 3 rings (SSSR count). The van der Waals surface area contributed by atoms with Crippen LogP contribution in [0.5, 0.6) is 0 Å². The predicted molar refractivity (Wildman–Crippen MR) is 106 cm³/mol. The van der Waals surface area contributed by atoms with E-state index in [1.165, 1.54) is 16.9 Å². The smallest absolute Gasteiger partial charge is 0.261 e. The summed E-state index contributed by atoms with van der Waals surface area (Å²) in [6, 6.07) is 13.9. The van der Waals surface area contributed by atoms with Crippen LogP contribution >= 0.6 is 11.3 Å². The van der Waals surface area contributed by atoms with Crippen LogP contribution in [0.4, 0.5) is 0 Å². The Balaban J connectivity index is 1.47. The zero-order valence-corrected chi connectivity index (χ0v) is 16.0. The van der Waals surface area contributed by atoms with E-state index in [4.69, 9.17) is 4.74 Å². The molecule has 2 amide bonds. The zero-order valence-electron chi connectivity index (χ0n) is 15.2. The van der Waals surface area contributed by atoms with Gasteiger partial charge in [-0.2, -0.15) is 0 Å². The number of benzene rings is 1. The molecule has 1 atom stereocenters. The van der Waals surface area contributed by atoms with Gasteiger partial charge in [-0.25, -0.2) is 0 Å². The lowest BCUT2D eigenvalue weighted by Gasteiger charge is -2.35. The number of hydrogen-bond donors (Lipinski definition) is 2. The lowest BCUT2D eigenvalue weighted by atomic mass is 10.0. The second-order valence-corrected chi connectivity index (χ2v) is 7.31. The topological polar surface area (TPSA) is 70.7 Å². The summed E-state index contributed by atoms with van der Waals surface area (Å²) in [5.74, 6) is -0.191. The molecule has 1 aliphatic heterocycles. The first-order valence-corrected chi connectivity index (χ1v) is 10.1. The van der Waals surface area contributed by atoms with Crippen LogP contribution in [0.2, 0.25) is 0 Å². The number of amides is 2. The van der Waals surface area contributed by atoms with Crippen molar-refractivity contribution < 1.29 is 14.3 Å². The molecule has 0 bridgehead atoms. The molecule has 1 unspecified atom stereocenters. The van der Waals surface area contributed by atoms with E-state index >= 15 is 0 Å². The van der Waals surface area contributed by atoms with Gasteiger partial charge in [-0.05, 0) is 17.0 Å². The molecule has 0 saturated carbocycles. The molecule has 2 heterocycles. The Morgan fingerprint density at radius 1 is 1.07 bits per heavy atom. The molecule has 6 nitrogen and oxygen atoms in total. The number of carbonyl (C=O) groups excluding carboxylic acids is 2. The second-order valence-electron chi connectivity index (χ2n) is 6.36. The van der Waals surface area contributed by atoms with Crippen LogP contribution in [0.15, 0.2) is 47.8 Å². The van der Waals surface area contributed by atoms with E-state index in [1.54, 1.807) is 6.07 Å². The summed E-state index contributed by atoms with van der Waals surface area (Å²) in [7, 11) is 0. The van der Waals surface area contributed by atoms with Crippen LogP contribution in [0.1, 0.15) is 27.7 Å². The quantitative estimate of drug-likeness (QED) is 0.727. The standard InChI is InChI=1S/C20H25N3O3S/c24-19(8-9-21-20(25)18-7-4-14-27-18)22-15-17(16-5-2-1-3-6-16)23-10-12-26-13-11-23/h1-7,14,17H,8-13,15H2,(H,21,25)(H,22,24). The molecule has 0 aliphatic carbocycles. The van der Waals surface area contributed by atoms with E-state index in [0.29, 0.717) is 31.2 Å². The summed E-state index contributed by atoms with van der Waals surface area (Å²) in [6.07, 6.45) is 0.266. The molecule has 1 aromatic carbocycles. The summed E-state index contributed by atoms with van der Waals surface area (Å²) in [5, 5.41) is 7.66. The molecular formula is C20H25N3O3S. The molecule has 2 N–H and O–H groups in total. The Bertz CT molecular complexity index is 715. The lowest BCUT2D eigenvalue weighted by molar-refractivity contribution is -0.121. The Hall–Kier alpha value is -2.22. The highest BCUT2D eigenvalue weighted by atomic mass is 32.1. The van der Waals surface area contributed by atoms with E-state index in [0.717, 1.165) is 13.1 Å². The molecule has 1 fully saturated rings. The predicted octanol–water partition coefficient (Wildman–Crippen LogP) is 2.06. The molecule has 1 aromatic heterocycles. The van der Waals surface area contributed by atoms with Crippen LogP contribution in [0.3, 0.4) is 0 Å². The van der Waals surface area contributed by atoms with Gasteiger partial charge in [-0.3, -0.25) is 14.5 Å². The average molecular weight is 388 g/mol. The van der Waals surface area contributed by atoms with Gasteiger partial charge < -0.3 is 15.4 Å². The molecule has 7 heteroatoms. The van der Waals surface area contributed by atoms with Crippen molar-refractivity contribution >= 4 is 23.2 Å². The molecule has 27 heavy (non-hydrogen) atoms. The molecule has 0 spiro atoms. The van der Waals surface area contributed by atoms with Gasteiger partial charge in [0.1, 0.15) is 0 Å². The summed E-state index contributed by atoms with van der Waals surface area (Å²) in [6.45, 7) is 4.01. The van der Waals surface area contributed by atoms with Gasteiger partial charge in [0.15, 0.2) is 0 Å². The van der Waals surface area contributed by atoms with Gasteiger partial charge >= 0.3 is 0 Å². The first kappa shape index (κ1) is 19.5. The maximum atomic E-state index is 12.2. The first-order valence-electron chi connectivity index (χ1n) is 9.19. The Kier molecular flexibility index (Phi) is 7.38. The highest BCUT2D eigenvalue weighted by Gasteiger charge is 2.23. The Morgan fingerprint density at radius 3 is 2.56 bits per heavy atom. The van der Waals surface area contributed by atoms with Crippen molar-refractivity contribution in [2.45, 2.75) is 12.5 Å². The summed E-state index contributed by atoms with van der Waals surface area (Å²) >= 11 is 1.39. The first-order chi connectivity index (χ1) is 13.2. The van der Waals surface area contributed by atoms with E-state index in [1.807, 2.05) is 29.6 Å². The van der Waals surface area contributed by atoms with Gasteiger partial charge in [0, 0.05) is 32.6 Å². The van der Waals surface area contributed by atoms with E-state index < -0.39 is 0 Å². The van der Waals surface area contributed by atoms with Crippen molar-refractivity contribution in [2.24, 2.45) is 0 Å². The highest BCUT2D eigenvalue weighted by Crippen LogP contribution is 2.21. The minimum Gasteiger partial charge on any atom is -0.379 e. The SMILES string of the molecule is O=C(CCNC(=O)c1cccs1)NCC(c1ccccc1)N1CCOCC1. The van der Waals surface area contributed by atoms with Crippen LogP contribution in [-0.2, 0) is 9.53 Å². The fraction of sp³-hybridized carbons (Fsp3) is 0.400. The maximum Gasteiger partial charge on any atom is 0.261 e. The fourth-order valence-corrected chi connectivity index (χ4v) is 3.75. The summed E-state index contributed by atoms with van der Waals surface area (Å²) < 4.78 is 5.45. The van der Waals surface area contributed by atoms with E-state index in [2.05, 4.69) is 27.7 Å². The lowest BCUT2D eigenvalue weighted by Crippen LogP contribution is -2.44. The monoisotopic (exact) mass is 387 g/mol. The summed E-state index contributed by atoms with van der Waals surface area (Å²) in [5.41, 5.74) is 1.19. The van der Waals surface area contributed by atoms with E-state index in [9.17, 15) is 9.59 Å². The molecule has 2 aromatic rings. The van der Waals surface area contributed by atoms with Gasteiger partial charge in [0.25, 0.3) is 5.91 Å². The van der Waals surface area contributed by atoms with Crippen molar-refractivity contribution in [2.75, 3.05) is 39.4 Å². The number of nitrogens with zero attached hydrogens (tertiary/aromatic N) is 1. The van der Waals surface area contributed by atoms with Crippen LogP contribution in [0, 0.1) is 0 Å². The van der Waals surface area contributed by atoms with Crippen molar-refractivity contribution in [1.82, 2.24) is 15.5 Å². The third-order valence-corrected chi connectivity index (χ3v) is 5.41. The largest absolute Gasteiger partial charge is 0.379 e. The Labute approximate surface area is 163 Å². The zero-order chi connectivity index (χ0) is 18.9. The van der Waals surface area contributed by atoms with Crippen molar-refractivity contribution in [3.8, 4) is 0 Å². The average Bonchev–Trinajstić information content (AvgIpc) is 3.25. The number of nitrogens with one attached hydrogen (secondary N) is 2.